The zero-order valence-electron chi connectivity index (χ0n) is 11.1. The van der Waals surface area contributed by atoms with Crippen molar-refractivity contribution in [1.82, 2.24) is 0 Å². The number of unbranched alkanes of at least 4 members (excludes halogenated alkanes) is 1. The van der Waals surface area contributed by atoms with Gasteiger partial charge in [0.1, 0.15) is 0 Å². The molecular formula is C14H10Cl2F3NO2. The predicted molar refractivity (Wildman–Crippen MR) is 77.0 cm³/mol. The van der Waals surface area contributed by atoms with Crippen LogP contribution >= 0.6 is 23.2 Å². The number of hydrogen-bond donors (Lipinski definition) is 1. The number of benzene rings is 1. The molecule has 0 unspecified atom stereocenters. The SMILES string of the molecule is O=C1Nc2ccc(Cl)cc2[C@@](C#CCCCCl)(C(F)(F)F)O1. The summed E-state index contributed by atoms with van der Waals surface area (Å²) in [5.41, 5.74) is -3.42. The standard InChI is InChI=1S/C14H10Cl2F3NO2/c15-7-3-1-2-6-13(14(17,18)19)10-8-9(16)4-5-11(10)20-12(21)22-13/h4-5,8H,1,3,7H2,(H,20,21)/t13-/m0/s1. The lowest BCUT2D eigenvalue weighted by molar-refractivity contribution is -0.239. The monoisotopic (exact) mass is 351 g/mol. The third kappa shape index (κ3) is 3.11. The van der Waals surface area contributed by atoms with Crippen molar-refractivity contribution >= 4 is 35.0 Å². The van der Waals surface area contributed by atoms with Crippen LogP contribution in [0.4, 0.5) is 23.7 Å². The molecule has 0 spiro atoms. The van der Waals surface area contributed by atoms with E-state index in [-0.39, 0.29) is 28.6 Å². The van der Waals surface area contributed by atoms with E-state index in [4.69, 9.17) is 23.2 Å². The Morgan fingerprint density at radius 3 is 2.73 bits per heavy atom. The first-order valence-corrected chi connectivity index (χ1v) is 7.14. The zero-order valence-corrected chi connectivity index (χ0v) is 12.6. The highest BCUT2D eigenvalue weighted by atomic mass is 35.5. The van der Waals surface area contributed by atoms with E-state index < -0.39 is 17.9 Å². The number of carbonyl (C=O) groups is 1. The molecule has 1 heterocycles. The highest BCUT2D eigenvalue weighted by molar-refractivity contribution is 6.30. The second-order valence-corrected chi connectivity index (χ2v) is 5.29. The van der Waals surface area contributed by atoms with Gasteiger partial charge in [-0.25, -0.2) is 4.79 Å². The van der Waals surface area contributed by atoms with E-state index in [1.165, 1.54) is 12.1 Å². The summed E-state index contributed by atoms with van der Waals surface area (Å²) in [6, 6.07) is 3.73. The lowest BCUT2D eigenvalue weighted by atomic mass is 9.90. The molecular weight excluding hydrogens is 342 g/mol. The Morgan fingerprint density at radius 2 is 2.09 bits per heavy atom. The summed E-state index contributed by atoms with van der Waals surface area (Å²) in [6.45, 7) is 0. The lowest BCUT2D eigenvalue weighted by Crippen LogP contribution is -2.49. The van der Waals surface area contributed by atoms with Gasteiger partial charge in [0.2, 0.25) is 0 Å². The minimum Gasteiger partial charge on any atom is -0.415 e. The van der Waals surface area contributed by atoms with Gasteiger partial charge in [0.05, 0.1) is 5.69 Å². The number of halogens is 5. The Hall–Kier alpha value is -1.58. The molecule has 1 amide bonds. The van der Waals surface area contributed by atoms with E-state index in [1.807, 2.05) is 5.92 Å². The number of carbonyl (C=O) groups excluding carboxylic acids is 1. The second-order valence-electron chi connectivity index (χ2n) is 4.48. The fourth-order valence-corrected chi connectivity index (χ4v) is 2.27. The van der Waals surface area contributed by atoms with Crippen LogP contribution in [0.3, 0.4) is 0 Å². The van der Waals surface area contributed by atoms with Crippen LogP contribution in [0.5, 0.6) is 0 Å². The largest absolute Gasteiger partial charge is 0.445 e. The average molecular weight is 352 g/mol. The zero-order chi connectivity index (χ0) is 16.4. The molecule has 1 aliphatic heterocycles. The number of cyclic esters (lactones) is 1. The Labute approximate surface area is 134 Å². The fourth-order valence-electron chi connectivity index (χ4n) is 1.96. The quantitative estimate of drug-likeness (QED) is 0.477. The topological polar surface area (TPSA) is 38.3 Å². The molecule has 2 rings (SSSR count). The first-order chi connectivity index (χ1) is 10.3. The van der Waals surface area contributed by atoms with Gasteiger partial charge in [0.15, 0.2) is 0 Å². The number of alkyl halides is 4. The number of nitrogens with one attached hydrogen (secondary N) is 1. The summed E-state index contributed by atoms with van der Waals surface area (Å²) in [5, 5.41) is 2.29. The van der Waals surface area contributed by atoms with Crippen LogP contribution in [0.1, 0.15) is 18.4 Å². The number of amides is 1. The van der Waals surface area contributed by atoms with Gasteiger partial charge >= 0.3 is 12.3 Å². The summed E-state index contributed by atoms with van der Waals surface area (Å²) < 4.78 is 45.4. The Balaban J connectivity index is 2.60. The smallest absolute Gasteiger partial charge is 0.415 e. The molecule has 0 saturated heterocycles. The number of fused-ring (bicyclic) bond motifs is 1. The van der Waals surface area contributed by atoms with Gasteiger partial charge < -0.3 is 4.74 Å². The van der Waals surface area contributed by atoms with Crippen LogP contribution in [0, 0.1) is 11.8 Å². The van der Waals surface area contributed by atoms with Crippen LogP contribution in [-0.4, -0.2) is 18.1 Å². The molecule has 1 aromatic carbocycles. The molecule has 1 aromatic rings. The van der Waals surface area contributed by atoms with Gasteiger partial charge in [-0.1, -0.05) is 17.5 Å². The number of ether oxygens (including phenoxy) is 1. The van der Waals surface area contributed by atoms with Crippen LogP contribution < -0.4 is 5.32 Å². The molecule has 1 N–H and O–H groups in total. The fraction of sp³-hybridized carbons (Fsp3) is 0.357. The van der Waals surface area contributed by atoms with Gasteiger partial charge in [0.25, 0.3) is 5.60 Å². The van der Waals surface area contributed by atoms with Crippen molar-refractivity contribution in [3.05, 3.63) is 28.8 Å². The summed E-state index contributed by atoms with van der Waals surface area (Å²) in [4.78, 5) is 11.5. The van der Waals surface area contributed by atoms with Gasteiger partial charge in [-0.3, -0.25) is 5.32 Å². The maximum atomic E-state index is 13.6. The number of anilines is 1. The van der Waals surface area contributed by atoms with E-state index in [9.17, 15) is 18.0 Å². The van der Waals surface area contributed by atoms with E-state index in [0.29, 0.717) is 6.42 Å². The maximum Gasteiger partial charge on any atom is 0.445 e. The van der Waals surface area contributed by atoms with Crippen LogP contribution in [-0.2, 0) is 10.3 Å². The van der Waals surface area contributed by atoms with Crippen molar-refractivity contribution in [2.24, 2.45) is 0 Å². The normalized spacial score (nSPS) is 20.3. The summed E-state index contributed by atoms with van der Waals surface area (Å²) in [7, 11) is 0. The third-order valence-electron chi connectivity index (χ3n) is 2.94. The molecule has 0 aliphatic carbocycles. The molecule has 0 saturated carbocycles. The Kier molecular flexibility index (Phi) is 4.78. The Morgan fingerprint density at radius 1 is 1.36 bits per heavy atom. The van der Waals surface area contributed by atoms with Crippen molar-refractivity contribution in [2.45, 2.75) is 24.6 Å². The van der Waals surface area contributed by atoms with Crippen molar-refractivity contribution in [3.8, 4) is 11.8 Å². The van der Waals surface area contributed by atoms with Crippen LogP contribution in [0.2, 0.25) is 5.02 Å². The minimum absolute atomic E-state index is 0.0374. The van der Waals surface area contributed by atoms with Crippen LogP contribution in [0.25, 0.3) is 0 Å². The molecule has 8 heteroatoms. The predicted octanol–water partition coefficient (Wildman–Crippen LogP) is 4.68. The summed E-state index contributed by atoms with van der Waals surface area (Å²) >= 11 is 11.2. The van der Waals surface area contributed by atoms with E-state index >= 15 is 0 Å². The molecule has 118 valence electrons. The van der Waals surface area contributed by atoms with Crippen molar-refractivity contribution < 1.29 is 22.7 Å². The molecule has 1 aliphatic rings. The van der Waals surface area contributed by atoms with Crippen molar-refractivity contribution in [3.63, 3.8) is 0 Å². The highest BCUT2D eigenvalue weighted by Gasteiger charge is 2.61. The molecule has 1 atom stereocenters. The maximum absolute atomic E-state index is 13.6. The van der Waals surface area contributed by atoms with E-state index in [0.717, 1.165) is 6.07 Å². The lowest BCUT2D eigenvalue weighted by Gasteiger charge is -2.35. The minimum atomic E-state index is -4.92. The first-order valence-electron chi connectivity index (χ1n) is 6.23. The second kappa shape index (κ2) is 6.27. The van der Waals surface area contributed by atoms with Gasteiger partial charge in [-0.15, -0.1) is 11.6 Å². The molecule has 0 fully saturated rings. The average Bonchev–Trinajstić information content (AvgIpc) is 2.42. The first kappa shape index (κ1) is 16.8. The van der Waals surface area contributed by atoms with Gasteiger partial charge in [-0.05, 0) is 30.5 Å². The van der Waals surface area contributed by atoms with E-state index in [1.54, 1.807) is 0 Å². The molecule has 0 radical (unpaired) electrons. The summed E-state index contributed by atoms with van der Waals surface area (Å²) in [6.07, 6.45) is -5.56. The molecule has 22 heavy (non-hydrogen) atoms. The Bertz CT molecular complexity index is 652. The molecule has 0 bridgehead atoms. The molecule has 0 aromatic heterocycles. The highest BCUT2D eigenvalue weighted by Crippen LogP contribution is 2.47. The van der Waals surface area contributed by atoms with Gasteiger partial charge in [0, 0.05) is 22.9 Å². The van der Waals surface area contributed by atoms with Crippen molar-refractivity contribution in [1.29, 1.82) is 0 Å². The third-order valence-corrected chi connectivity index (χ3v) is 3.44. The van der Waals surface area contributed by atoms with Crippen molar-refractivity contribution in [2.75, 3.05) is 11.2 Å². The number of rotatable bonds is 2. The summed E-state index contributed by atoms with van der Waals surface area (Å²) in [5.74, 6) is 4.71. The van der Waals surface area contributed by atoms with E-state index in [2.05, 4.69) is 16.0 Å². The molecule has 3 nitrogen and oxygen atoms in total. The van der Waals surface area contributed by atoms with Crippen LogP contribution in [0.15, 0.2) is 18.2 Å². The van der Waals surface area contributed by atoms with Gasteiger partial charge in [-0.2, -0.15) is 13.2 Å². The number of hydrogen-bond acceptors (Lipinski definition) is 2.